The fourth-order valence-electron chi connectivity index (χ4n) is 2.83. The van der Waals surface area contributed by atoms with Gasteiger partial charge in [-0.25, -0.2) is 0 Å². The van der Waals surface area contributed by atoms with Crippen LogP contribution in [0.15, 0.2) is 48.5 Å². The summed E-state index contributed by atoms with van der Waals surface area (Å²) in [4.78, 5) is 12.3. The number of halogens is 1. The van der Waals surface area contributed by atoms with E-state index in [0.29, 0.717) is 6.54 Å². The van der Waals surface area contributed by atoms with Gasteiger partial charge in [0.15, 0.2) is 11.5 Å². The predicted octanol–water partition coefficient (Wildman–Crippen LogP) is 3.32. The van der Waals surface area contributed by atoms with Crippen LogP contribution < -0.4 is 20.5 Å². The molecule has 5 nitrogen and oxygen atoms in total. The van der Waals surface area contributed by atoms with E-state index < -0.39 is 0 Å². The maximum absolute atomic E-state index is 12.3. The monoisotopic (exact) mass is 376 g/mol. The highest BCUT2D eigenvalue weighted by Gasteiger charge is 2.25. The van der Waals surface area contributed by atoms with Gasteiger partial charge in [-0.05, 0) is 23.3 Å². The molecule has 1 aliphatic heterocycles. The highest BCUT2D eigenvalue weighted by atomic mass is 35.5. The number of fused-ring (bicyclic) bond motifs is 1. The number of ether oxygens (including phenoxy) is 2. The minimum Gasteiger partial charge on any atom is -0.454 e. The summed E-state index contributed by atoms with van der Waals surface area (Å²) in [5.74, 6) is 1.46. The van der Waals surface area contributed by atoms with Crippen LogP contribution in [0.4, 0.5) is 0 Å². The molecule has 3 N–H and O–H groups in total. The van der Waals surface area contributed by atoms with Crippen molar-refractivity contribution in [1.82, 2.24) is 5.32 Å². The van der Waals surface area contributed by atoms with Gasteiger partial charge in [0.1, 0.15) is 0 Å². The van der Waals surface area contributed by atoms with E-state index in [1.165, 1.54) is 0 Å². The quantitative estimate of drug-likeness (QED) is 0.811. The molecule has 1 unspecified atom stereocenters. The average molecular weight is 377 g/mol. The lowest BCUT2D eigenvalue weighted by Crippen LogP contribution is -2.37. The zero-order valence-corrected chi connectivity index (χ0v) is 15.8. The van der Waals surface area contributed by atoms with Gasteiger partial charge in [0, 0.05) is 24.4 Å². The van der Waals surface area contributed by atoms with Crippen molar-refractivity contribution in [3.63, 3.8) is 0 Å². The number of carbonyl (C=O) groups excluding carboxylic acids is 1. The molecule has 2 aromatic rings. The molecule has 0 aromatic heterocycles. The summed E-state index contributed by atoms with van der Waals surface area (Å²) in [6.45, 7) is 4.95. The molecule has 1 heterocycles. The van der Waals surface area contributed by atoms with Gasteiger partial charge in [0.2, 0.25) is 12.7 Å². The van der Waals surface area contributed by atoms with Crippen LogP contribution in [0, 0.1) is 0 Å². The molecule has 0 aliphatic carbocycles. The van der Waals surface area contributed by atoms with E-state index in [0.717, 1.165) is 22.6 Å². The minimum atomic E-state index is -0.296. The molecule has 26 heavy (non-hydrogen) atoms. The summed E-state index contributed by atoms with van der Waals surface area (Å²) in [6, 6.07) is 15.3. The van der Waals surface area contributed by atoms with E-state index in [2.05, 4.69) is 19.2 Å². The van der Waals surface area contributed by atoms with Crippen molar-refractivity contribution >= 4 is 18.3 Å². The summed E-state index contributed by atoms with van der Waals surface area (Å²) < 4.78 is 10.8. The second kappa shape index (κ2) is 8.43. The second-order valence-electron chi connectivity index (χ2n) is 6.95. The third kappa shape index (κ3) is 4.68. The van der Waals surface area contributed by atoms with Gasteiger partial charge in [-0.1, -0.05) is 50.2 Å². The summed E-state index contributed by atoms with van der Waals surface area (Å²) >= 11 is 0. The number of benzene rings is 2. The van der Waals surface area contributed by atoms with Gasteiger partial charge in [0.05, 0.1) is 0 Å². The Morgan fingerprint density at radius 2 is 1.85 bits per heavy atom. The lowest BCUT2D eigenvalue weighted by atomic mass is 9.84. The van der Waals surface area contributed by atoms with Crippen LogP contribution >= 0.6 is 12.4 Å². The Hall–Kier alpha value is -2.24. The Kier molecular flexibility index (Phi) is 6.51. The van der Waals surface area contributed by atoms with Crippen molar-refractivity contribution < 1.29 is 14.3 Å². The first-order valence-electron chi connectivity index (χ1n) is 8.43. The Morgan fingerprint density at radius 1 is 1.15 bits per heavy atom. The molecule has 1 amide bonds. The third-order valence-corrected chi connectivity index (χ3v) is 4.51. The van der Waals surface area contributed by atoms with E-state index in [1.54, 1.807) is 0 Å². The topological polar surface area (TPSA) is 73.6 Å². The molecule has 6 heteroatoms. The van der Waals surface area contributed by atoms with Gasteiger partial charge in [-0.3, -0.25) is 4.79 Å². The van der Waals surface area contributed by atoms with Crippen molar-refractivity contribution in [3.8, 4) is 11.5 Å². The first-order chi connectivity index (χ1) is 12.0. The third-order valence-electron chi connectivity index (χ3n) is 4.51. The van der Waals surface area contributed by atoms with Crippen LogP contribution in [0.5, 0.6) is 11.5 Å². The van der Waals surface area contributed by atoms with Crippen molar-refractivity contribution in [2.24, 2.45) is 5.73 Å². The molecule has 0 spiro atoms. The van der Waals surface area contributed by atoms with Crippen LogP contribution in [0.2, 0.25) is 0 Å². The zero-order valence-electron chi connectivity index (χ0n) is 15.0. The largest absolute Gasteiger partial charge is 0.454 e. The maximum Gasteiger partial charge on any atom is 0.231 e. The van der Waals surface area contributed by atoms with Crippen molar-refractivity contribution in [2.75, 3.05) is 13.3 Å². The van der Waals surface area contributed by atoms with E-state index in [-0.39, 0.29) is 43.0 Å². The molecule has 0 fully saturated rings. The predicted molar refractivity (Wildman–Crippen MR) is 104 cm³/mol. The lowest BCUT2D eigenvalue weighted by Gasteiger charge is -2.26. The van der Waals surface area contributed by atoms with Gasteiger partial charge in [0.25, 0.3) is 0 Å². The lowest BCUT2D eigenvalue weighted by molar-refractivity contribution is -0.121. The summed E-state index contributed by atoms with van der Waals surface area (Å²) in [6.07, 6.45) is 0.265. The first kappa shape index (κ1) is 20.1. The highest BCUT2D eigenvalue weighted by molar-refractivity contribution is 5.85. The van der Waals surface area contributed by atoms with Crippen LogP contribution in [-0.4, -0.2) is 19.2 Å². The number of nitrogens with one attached hydrogen (secondary N) is 1. The van der Waals surface area contributed by atoms with Gasteiger partial charge in [-0.15, -0.1) is 12.4 Å². The molecule has 140 valence electrons. The number of carbonyl (C=O) groups is 1. The van der Waals surface area contributed by atoms with Crippen LogP contribution in [0.1, 0.15) is 37.4 Å². The highest BCUT2D eigenvalue weighted by Crippen LogP contribution is 2.36. The van der Waals surface area contributed by atoms with Crippen LogP contribution in [-0.2, 0) is 10.2 Å². The molecule has 0 saturated carbocycles. The number of rotatable bonds is 6. The number of hydrogen-bond acceptors (Lipinski definition) is 4. The van der Waals surface area contributed by atoms with Crippen molar-refractivity contribution in [2.45, 2.75) is 31.7 Å². The molecular weight excluding hydrogens is 352 g/mol. The Balaban J connectivity index is 0.00000243. The Bertz CT molecular complexity index is 750. The van der Waals surface area contributed by atoms with Gasteiger partial charge in [-0.2, -0.15) is 0 Å². The molecule has 0 saturated heterocycles. The van der Waals surface area contributed by atoms with E-state index >= 15 is 0 Å². The maximum atomic E-state index is 12.3. The normalized spacial score (nSPS) is 13.7. The van der Waals surface area contributed by atoms with Gasteiger partial charge < -0.3 is 20.5 Å². The smallest absolute Gasteiger partial charge is 0.231 e. The van der Waals surface area contributed by atoms with E-state index in [1.807, 2.05) is 48.5 Å². The van der Waals surface area contributed by atoms with Crippen molar-refractivity contribution in [3.05, 3.63) is 59.7 Å². The molecule has 1 aliphatic rings. The molecule has 3 rings (SSSR count). The number of nitrogens with two attached hydrogens (primary N) is 1. The molecular formula is C20H25ClN2O3. The zero-order chi connectivity index (χ0) is 17.9. The number of amides is 1. The fraction of sp³-hybridized carbons (Fsp3) is 0.350. The Labute approximate surface area is 160 Å². The summed E-state index contributed by atoms with van der Waals surface area (Å²) in [5.41, 5.74) is 7.94. The summed E-state index contributed by atoms with van der Waals surface area (Å²) in [5, 5.41) is 3.00. The fourth-order valence-corrected chi connectivity index (χ4v) is 2.83. The first-order valence-corrected chi connectivity index (χ1v) is 8.43. The Morgan fingerprint density at radius 3 is 2.58 bits per heavy atom. The second-order valence-corrected chi connectivity index (χ2v) is 6.95. The average Bonchev–Trinajstić information content (AvgIpc) is 3.08. The molecule has 0 bridgehead atoms. The number of hydrogen-bond donors (Lipinski definition) is 2. The van der Waals surface area contributed by atoms with Crippen LogP contribution in [0.25, 0.3) is 0 Å². The minimum absolute atomic E-state index is 0. The SMILES string of the molecule is CC(C)(CNC(=O)CC(N)c1ccccc1)c1ccc2c(c1)OCO2.Cl. The van der Waals surface area contributed by atoms with E-state index in [9.17, 15) is 4.79 Å². The molecule has 1 atom stereocenters. The molecule has 2 aromatic carbocycles. The standard InChI is InChI=1S/C20H24N2O3.ClH/c1-20(2,15-8-9-17-18(10-15)25-13-24-17)12-22-19(23)11-16(21)14-6-4-3-5-7-14;/h3-10,16H,11-13,21H2,1-2H3,(H,22,23);1H. The summed E-state index contributed by atoms with van der Waals surface area (Å²) in [7, 11) is 0. The van der Waals surface area contributed by atoms with Gasteiger partial charge >= 0.3 is 0 Å². The van der Waals surface area contributed by atoms with Crippen molar-refractivity contribution in [1.29, 1.82) is 0 Å². The molecule has 0 radical (unpaired) electrons. The van der Waals surface area contributed by atoms with Crippen LogP contribution in [0.3, 0.4) is 0 Å². The van der Waals surface area contributed by atoms with E-state index in [4.69, 9.17) is 15.2 Å².